The molecule has 0 atom stereocenters. The zero-order valence-corrected chi connectivity index (χ0v) is 20.9. The molecule has 0 aromatic heterocycles. The number of alkyl halides is 2. The Kier molecular flexibility index (Phi) is 8.60. The number of hydrogen-bond donors (Lipinski definition) is 0. The van der Waals surface area contributed by atoms with E-state index in [2.05, 4.69) is 65.8 Å². The van der Waals surface area contributed by atoms with E-state index in [0.29, 0.717) is 11.8 Å². The van der Waals surface area contributed by atoms with Gasteiger partial charge in [0, 0.05) is 22.9 Å². The molecular formula is C27H36Cl2O. The minimum Gasteiger partial charge on any atom is -0.289 e. The summed E-state index contributed by atoms with van der Waals surface area (Å²) >= 11 is 12.0. The third kappa shape index (κ3) is 6.34. The first-order valence-electron chi connectivity index (χ1n) is 10.9. The third-order valence-corrected chi connectivity index (χ3v) is 6.13. The molecule has 0 heterocycles. The van der Waals surface area contributed by atoms with E-state index in [-0.39, 0.29) is 16.6 Å². The number of rotatable bonds is 8. The fraction of sp³-hybridized carbons (Fsp3) is 0.519. The number of carbonyl (C=O) groups is 1. The Hall–Kier alpha value is -1.31. The zero-order chi connectivity index (χ0) is 22.5. The lowest BCUT2D eigenvalue weighted by molar-refractivity contribution is 0.103. The number of aryl methyl sites for hydroxylation is 2. The Morgan fingerprint density at radius 2 is 1.07 bits per heavy atom. The normalized spacial score (nSPS) is 12.3. The topological polar surface area (TPSA) is 17.1 Å². The largest absolute Gasteiger partial charge is 0.289 e. The molecular weight excluding hydrogens is 411 g/mol. The van der Waals surface area contributed by atoms with Crippen LogP contribution < -0.4 is 0 Å². The summed E-state index contributed by atoms with van der Waals surface area (Å²) in [5, 5.41) is 0. The number of hydrogen-bond acceptors (Lipinski definition) is 1. The molecule has 3 heteroatoms. The second kappa shape index (κ2) is 10.3. The van der Waals surface area contributed by atoms with Crippen LogP contribution in [0.2, 0.25) is 0 Å². The van der Waals surface area contributed by atoms with E-state index in [9.17, 15) is 4.79 Å². The van der Waals surface area contributed by atoms with E-state index in [1.54, 1.807) is 0 Å². The Labute approximate surface area is 193 Å². The van der Waals surface area contributed by atoms with Crippen LogP contribution in [0.1, 0.15) is 92.6 Å². The van der Waals surface area contributed by atoms with Crippen LogP contribution >= 0.6 is 23.2 Å². The molecule has 30 heavy (non-hydrogen) atoms. The highest BCUT2D eigenvalue weighted by Gasteiger charge is 2.22. The van der Waals surface area contributed by atoms with E-state index < -0.39 is 0 Å². The molecule has 0 bridgehead atoms. The monoisotopic (exact) mass is 446 g/mol. The molecule has 2 rings (SSSR count). The summed E-state index contributed by atoms with van der Waals surface area (Å²) in [6, 6.07) is 12.6. The third-order valence-electron chi connectivity index (χ3n) is 5.59. The fourth-order valence-corrected chi connectivity index (χ4v) is 3.90. The van der Waals surface area contributed by atoms with Crippen molar-refractivity contribution >= 4 is 29.0 Å². The van der Waals surface area contributed by atoms with Crippen molar-refractivity contribution in [2.75, 3.05) is 11.8 Å². The summed E-state index contributed by atoms with van der Waals surface area (Å²) in [5.41, 5.74) is 6.34. The molecule has 0 aliphatic rings. The quantitative estimate of drug-likeness (QED) is 0.297. The molecule has 2 aromatic carbocycles. The molecule has 0 amide bonds. The minimum absolute atomic E-state index is 0.0388. The molecule has 0 saturated carbocycles. The lowest BCUT2D eigenvalue weighted by atomic mass is 9.81. The summed E-state index contributed by atoms with van der Waals surface area (Å²) in [7, 11) is 0. The van der Waals surface area contributed by atoms with Crippen LogP contribution in [0.3, 0.4) is 0 Å². The second-order valence-electron chi connectivity index (χ2n) is 10.2. The molecule has 1 nitrogen and oxygen atoms in total. The average Bonchev–Trinajstić information content (AvgIpc) is 2.68. The first kappa shape index (κ1) is 25.0. The van der Waals surface area contributed by atoms with Crippen LogP contribution in [0.15, 0.2) is 36.4 Å². The number of carbonyl (C=O) groups excluding carboxylic acids is 1. The predicted octanol–water partition coefficient (Wildman–Crippen LogP) is 7.86. The highest BCUT2D eigenvalue weighted by atomic mass is 35.5. The van der Waals surface area contributed by atoms with E-state index in [1.807, 2.05) is 12.1 Å². The van der Waals surface area contributed by atoms with Gasteiger partial charge in [-0.3, -0.25) is 4.79 Å². The lowest BCUT2D eigenvalue weighted by Crippen LogP contribution is -2.16. The van der Waals surface area contributed by atoms with Crippen LogP contribution in [-0.2, 0) is 23.7 Å². The van der Waals surface area contributed by atoms with Crippen molar-refractivity contribution in [1.29, 1.82) is 0 Å². The zero-order valence-electron chi connectivity index (χ0n) is 19.4. The Morgan fingerprint density at radius 3 is 1.37 bits per heavy atom. The molecule has 0 aliphatic carbocycles. The highest BCUT2D eigenvalue weighted by molar-refractivity contribution is 6.18. The van der Waals surface area contributed by atoms with Gasteiger partial charge in [0.25, 0.3) is 0 Å². The maximum atomic E-state index is 13.7. The van der Waals surface area contributed by atoms with Crippen molar-refractivity contribution in [3.63, 3.8) is 0 Å². The maximum Gasteiger partial charge on any atom is 0.193 e. The lowest BCUT2D eigenvalue weighted by Gasteiger charge is -2.23. The van der Waals surface area contributed by atoms with Crippen molar-refractivity contribution in [3.05, 3.63) is 69.8 Å². The van der Waals surface area contributed by atoms with Crippen molar-refractivity contribution in [1.82, 2.24) is 0 Å². The molecule has 0 radical (unpaired) electrons. The second-order valence-corrected chi connectivity index (χ2v) is 10.9. The smallest absolute Gasteiger partial charge is 0.193 e. The van der Waals surface area contributed by atoms with E-state index in [0.717, 1.165) is 47.9 Å². The van der Waals surface area contributed by atoms with E-state index >= 15 is 0 Å². The molecule has 2 aromatic rings. The minimum atomic E-state index is 0.0388. The van der Waals surface area contributed by atoms with Crippen LogP contribution in [-0.4, -0.2) is 17.5 Å². The van der Waals surface area contributed by atoms with Crippen LogP contribution in [0, 0.1) is 0 Å². The number of halogens is 2. The predicted molar refractivity (Wildman–Crippen MR) is 132 cm³/mol. The van der Waals surface area contributed by atoms with Crippen molar-refractivity contribution in [2.24, 2.45) is 0 Å². The van der Waals surface area contributed by atoms with Gasteiger partial charge in [0.2, 0.25) is 0 Å². The van der Waals surface area contributed by atoms with Gasteiger partial charge in [-0.15, -0.1) is 23.2 Å². The maximum absolute atomic E-state index is 13.7. The summed E-state index contributed by atoms with van der Waals surface area (Å²) in [5.74, 6) is 1.29. The van der Waals surface area contributed by atoms with Gasteiger partial charge in [-0.2, -0.15) is 0 Å². The Bertz CT molecular complexity index is 798. The molecule has 0 saturated heterocycles. The van der Waals surface area contributed by atoms with Crippen LogP contribution in [0.5, 0.6) is 0 Å². The fourth-order valence-electron chi connectivity index (χ4n) is 3.64. The van der Waals surface area contributed by atoms with Gasteiger partial charge in [0.1, 0.15) is 0 Å². The average molecular weight is 447 g/mol. The van der Waals surface area contributed by atoms with Gasteiger partial charge in [0.15, 0.2) is 5.78 Å². The first-order chi connectivity index (χ1) is 14.0. The van der Waals surface area contributed by atoms with E-state index in [4.69, 9.17) is 23.2 Å². The van der Waals surface area contributed by atoms with Crippen molar-refractivity contribution < 1.29 is 4.79 Å². The molecule has 0 unspecified atom stereocenters. The van der Waals surface area contributed by atoms with Crippen LogP contribution in [0.4, 0.5) is 0 Å². The van der Waals surface area contributed by atoms with Gasteiger partial charge in [-0.05, 0) is 58.8 Å². The summed E-state index contributed by atoms with van der Waals surface area (Å²) in [4.78, 5) is 13.7. The number of ketones is 1. The summed E-state index contributed by atoms with van der Waals surface area (Å²) in [6.07, 6.45) is 3.34. The first-order valence-corrected chi connectivity index (χ1v) is 12.0. The van der Waals surface area contributed by atoms with Crippen LogP contribution in [0.25, 0.3) is 0 Å². The van der Waals surface area contributed by atoms with Crippen molar-refractivity contribution in [3.8, 4) is 0 Å². The molecule has 0 aliphatic heterocycles. The van der Waals surface area contributed by atoms with Gasteiger partial charge in [-0.25, -0.2) is 0 Å². The van der Waals surface area contributed by atoms with Crippen molar-refractivity contribution in [2.45, 2.75) is 78.1 Å². The standard InChI is InChI=1S/C27H36Cl2O/c1-26(2,3)21-11-13-23(19(17-21)9-7-15-28)25(30)24-14-12-22(27(4,5)6)18-20(24)10-8-16-29/h11-14,17-18H,7-10,15-16H2,1-6H3. The summed E-state index contributed by atoms with van der Waals surface area (Å²) < 4.78 is 0. The summed E-state index contributed by atoms with van der Waals surface area (Å²) in [6.45, 7) is 13.2. The highest BCUT2D eigenvalue weighted by Crippen LogP contribution is 2.30. The van der Waals surface area contributed by atoms with E-state index in [1.165, 1.54) is 11.1 Å². The van der Waals surface area contributed by atoms with Gasteiger partial charge < -0.3 is 0 Å². The Morgan fingerprint density at radius 1 is 0.700 bits per heavy atom. The number of benzene rings is 2. The molecule has 0 spiro atoms. The Balaban J connectivity index is 2.55. The molecule has 164 valence electrons. The molecule has 0 fully saturated rings. The van der Waals surface area contributed by atoms with Gasteiger partial charge in [0.05, 0.1) is 0 Å². The van der Waals surface area contributed by atoms with Gasteiger partial charge >= 0.3 is 0 Å². The molecule has 0 N–H and O–H groups in total. The SMILES string of the molecule is CC(C)(C)c1ccc(C(=O)c2ccc(C(C)(C)C)cc2CCCCl)c(CCCCl)c1. The van der Waals surface area contributed by atoms with Gasteiger partial charge in [-0.1, -0.05) is 77.9 Å².